The number of nitriles is 1. The van der Waals surface area contributed by atoms with E-state index in [4.69, 9.17) is 21.3 Å². The maximum atomic E-state index is 12.8. The highest BCUT2D eigenvalue weighted by atomic mass is 35.5. The molecule has 1 unspecified atom stereocenters. The van der Waals surface area contributed by atoms with Crippen LogP contribution >= 0.6 is 11.8 Å². The number of benzene rings is 3. The molecule has 0 fully saturated rings. The van der Waals surface area contributed by atoms with Crippen LogP contribution in [0.3, 0.4) is 0 Å². The van der Waals surface area contributed by atoms with E-state index < -0.39 is 11.9 Å². The number of rotatable bonds is 7. The molecule has 1 heterocycles. The largest absolute Gasteiger partial charge is 0.493 e. The van der Waals surface area contributed by atoms with E-state index in [1.54, 1.807) is 31.2 Å². The zero-order valence-electron chi connectivity index (χ0n) is 19.0. The van der Waals surface area contributed by atoms with E-state index >= 15 is 0 Å². The molecule has 0 radical (unpaired) electrons. The van der Waals surface area contributed by atoms with Gasteiger partial charge >= 0.3 is 5.97 Å². The number of hydrogen-bond donors (Lipinski definition) is 1. The van der Waals surface area contributed by atoms with Crippen molar-refractivity contribution in [1.82, 2.24) is 4.42 Å². The Balaban J connectivity index is 1.51. The van der Waals surface area contributed by atoms with Crippen LogP contribution in [0.5, 0.6) is 17.2 Å². The van der Waals surface area contributed by atoms with Crippen molar-refractivity contribution < 1.29 is 24.2 Å². The number of aliphatic carboxylic acids is 1. The van der Waals surface area contributed by atoms with Crippen LogP contribution in [0.15, 0.2) is 60.7 Å². The number of hydrogen-bond acceptors (Lipinski definition) is 5. The van der Waals surface area contributed by atoms with Crippen molar-refractivity contribution in [3.8, 4) is 23.3 Å². The first kappa shape index (κ1) is 24.1. The van der Waals surface area contributed by atoms with Crippen LogP contribution in [0.4, 0.5) is 0 Å². The molecule has 0 aromatic heterocycles. The SMILES string of the molecule is Cc1cc(C(=O)N(Cl)CCc2ccccc2)ccc1Oc1cc2c(cc1C#N)C(C(=O)O)CCO2. The first-order chi connectivity index (χ1) is 16.9. The molecule has 0 spiro atoms. The molecule has 8 heteroatoms. The third kappa shape index (κ3) is 5.39. The van der Waals surface area contributed by atoms with Crippen LogP contribution < -0.4 is 9.47 Å². The summed E-state index contributed by atoms with van der Waals surface area (Å²) in [4.78, 5) is 24.4. The van der Waals surface area contributed by atoms with E-state index in [0.29, 0.717) is 47.6 Å². The van der Waals surface area contributed by atoms with Crippen LogP contribution in [-0.4, -0.2) is 34.6 Å². The van der Waals surface area contributed by atoms with Crippen molar-refractivity contribution in [3.05, 3.63) is 88.5 Å². The number of ether oxygens (including phenoxy) is 2. The number of aryl methyl sites for hydroxylation is 1. The normalized spacial score (nSPS) is 14.3. The highest BCUT2D eigenvalue weighted by Crippen LogP contribution is 2.40. The molecule has 0 saturated heterocycles. The molecule has 178 valence electrons. The molecule has 1 amide bonds. The van der Waals surface area contributed by atoms with E-state index in [1.807, 2.05) is 30.3 Å². The minimum atomic E-state index is -0.958. The fourth-order valence-corrected chi connectivity index (χ4v) is 4.16. The van der Waals surface area contributed by atoms with Gasteiger partial charge in [-0.05, 0) is 55.2 Å². The average molecular weight is 491 g/mol. The molecule has 1 N–H and O–H groups in total. The molecule has 3 aromatic carbocycles. The topological polar surface area (TPSA) is 99.9 Å². The Morgan fingerprint density at radius 2 is 1.94 bits per heavy atom. The summed E-state index contributed by atoms with van der Waals surface area (Å²) in [5.41, 5.74) is 2.84. The van der Waals surface area contributed by atoms with Gasteiger partial charge in [-0.25, -0.2) is 0 Å². The first-order valence-corrected chi connectivity index (χ1v) is 11.4. The molecule has 7 nitrogen and oxygen atoms in total. The lowest BCUT2D eigenvalue weighted by atomic mass is 9.91. The Kier molecular flexibility index (Phi) is 7.23. The third-order valence-electron chi connectivity index (χ3n) is 5.87. The van der Waals surface area contributed by atoms with Crippen LogP contribution in [0.1, 0.15) is 45.0 Å². The monoisotopic (exact) mass is 490 g/mol. The number of carbonyl (C=O) groups is 2. The van der Waals surface area contributed by atoms with Gasteiger partial charge in [-0.3, -0.25) is 14.0 Å². The quantitative estimate of drug-likeness (QED) is 0.442. The van der Waals surface area contributed by atoms with E-state index in [9.17, 15) is 20.0 Å². The second kappa shape index (κ2) is 10.5. The van der Waals surface area contributed by atoms with Gasteiger partial charge in [0.2, 0.25) is 0 Å². The number of halogens is 1. The Hall–Kier alpha value is -4.02. The van der Waals surface area contributed by atoms with Gasteiger partial charge in [-0.1, -0.05) is 30.3 Å². The fourth-order valence-electron chi connectivity index (χ4n) is 3.97. The van der Waals surface area contributed by atoms with Crippen molar-refractivity contribution in [3.63, 3.8) is 0 Å². The summed E-state index contributed by atoms with van der Waals surface area (Å²) in [6, 6.07) is 19.8. The maximum Gasteiger partial charge on any atom is 0.311 e. The lowest BCUT2D eigenvalue weighted by molar-refractivity contribution is -0.139. The van der Waals surface area contributed by atoms with Crippen LogP contribution in [0, 0.1) is 18.3 Å². The van der Waals surface area contributed by atoms with Crippen molar-refractivity contribution in [2.45, 2.75) is 25.7 Å². The lowest BCUT2D eigenvalue weighted by Gasteiger charge is -2.24. The highest BCUT2D eigenvalue weighted by Gasteiger charge is 2.29. The number of fused-ring (bicyclic) bond motifs is 1. The van der Waals surface area contributed by atoms with Crippen molar-refractivity contribution in [2.75, 3.05) is 13.2 Å². The minimum absolute atomic E-state index is 0.202. The summed E-state index contributed by atoms with van der Waals surface area (Å²) in [6.45, 7) is 2.42. The summed E-state index contributed by atoms with van der Waals surface area (Å²) in [5, 5.41) is 19.1. The Morgan fingerprint density at radius 1 is 1.17 bits per heavy atom. The van der Waals surface area contributed by atoms with Gasteiger partial charge in [0.25, 0.3) is 5.91 Å². The second-order valence-corrected chi connectivity index (χ2v) is 8.64. The third-order valence-corrected chi connectivity index (χ3v) is 6.19. The summed E-state index contributed by atoms with van der Waals surface area (Å²) < 4.78 is 12.8. The number of carboxylic acid groups (broad SMARTS) is 1. The zero-order chi connectivity index (χ0) is 24.9. The van der Waals surface area contributed by atoms with Crippen LogP contribution in [0.2, 0.25) is 0 Å². The number of nitrogens with zero attached hydrogens (tertiary/aromatic N) is 2. The van der Waals surface area contributed by atoms with Crippen molar-refractivity contribution >= 4 is 23.7 Å². The van der Waals surface area contributed by atoms with Gasteiger partial charge in [-0.2, -0.15) is 5.26 Å². The van der Waals surface area contributed by atoms with Gasteiger partial charge in [0.1, 0.15) is 23.3 Å². The van der Waals surface area contributed by atoms with Crippen molar-refractivity contribution in [1.29, 1.82) is 5.26 Å². The highest BCUT2D eigenvalue weighted by molar-refractivity contribution is 6.24. The molecule has 4 rings (SSSR count). The first-order valence-electron chi connectivity index (χ1n) is 11.1. The molecule has 0 aliphatic carbocycles. The maximum absolute atomic E-state index is 12.8. The zero-order valence-corrected chi connectivity index (χ0v) is 19.8. The molecule has 35 heavy (non-hydrogen) atoms. The average Bonchev–Trinajstić information content (AvgIpc) is 2.87. The molecular formula is C27H23ClN2O5. The van der Waals surface area contributed by atoms with Gasteiger partial charge in [-0.15, -0.1) is 0 Å². The second-order valence-electron chi connectivity index (χ2n) is 8.23. The minimum Gasteiger partial charge on any atom is -0.493 e. The Bertz CT molecular complexity index is 1300. The Morgan fingerprint density at radius 3 is 2.63 bits per heavy atom. The fraction of sp³-hybridized carbons (Fsp3) is 0.222. The van der Waals surface area contributed by atoms with E-state index in [1.165, 1.54) is 6.07 Å². The standard InChI is InChI=1S/C27H23ClN2O5/c1-17-13-19(26(31)30(28)11-9-18-5-3-2-4-6-18)7-8-23(17)35-24-15-25-22(14-20(24)16-29)21(27(32)33)10-12-34-25/h2-8,13-15,21H,9-12H2,1H3,(H,32,33). The van der Waals surface area contributed by atoms with E-state index in [0.717, 1.165) is 9.98 Å². The molecule has 3 aromatic rings. The predicted octanol–water partition coefficient (Wildman–Crippen LogP) is 5.45. The van der Waals surface area contributed by atoms with Crippen LogP contribution in [-0.2, 0) is 11.2 Å². The van der Waals surface area contributed by atoms with Crippen LogP contribution in [0.25, 0.3) is 0 Å². The van der Waals surface area contributed by atoms with E-state index in [-0.39, 0.29) is 23.8 Å². The Labute approximate surface area is 208 Å². The van der Waals surface area contributed by atoms with E-state index in [2.05, 4.69) is 6.07 Å². The number of amides is 1. The molecule has 0 saturated carbocycles. The molecule has 0 bridgehead atoms. The predicted molar refractivity (Wildman–Crippen MR) is 130 cm³/mol. The number of carbonyl (C=O) groups excluding carboxylic acids is 1. The molecule has 1 aliphatic rings. The summed E-state index contributed by atoms with van der Waals surface area (Å²) in [7, 11) is 0. The number of carboxylic acids is 1. The van der Waals surface area contributed by atoms with Gasteiger partial charge in [0.05, 0.1) is 18.1 Å². The van der Waals surface area contributed by atoms with Crippen molar-refractivity contribution in [2.24, 2.45) is 0 Å². The lowest BCUT2D eigenvalue weighted by Crippen LogP contribution is -2.24. The molecule has 1 aliphatic heterocycles. The van der Waals surface area contributed by atoms with Gasteiger partial charge < -0.3 is 14.6 Å². The molecular weight excluding hydrogens is 468 g/mol. The summed E-state index contributed by atoms with van der Waals surface area (Å²) >= 11 is 6.24. The van der Waals surface area contributed by atoms with Gasteiger partial charge in [0, 0.05) is 35.5 Å². The molecule has 1 atom stereocenters. The summed E-state index contributed by atoms with van der Waals surface area (Å²) in [5.74, 6) is -0.918. The summed E-state index contributed by atoms with van der Waals surface area (Å²) in [6.07, 6.45) is 0.973. The van der Waals surface area contributed by atoms with Gasteiger partial charge in [0.15, 0.2) is 0 Å². The smallest absolute Gasteiger partial charge is 0.311 e.